The van der Waals surface area contributed by atoms with Crippen LogP contribution in [0.4, 0.5) is 17.1 Å². The number of pyridine rings is 1. The van der Waals surface area contributed by atoms with Gasteiger partial charge in [0, 0.05) is 36.1 Å². The van der Waals surface area contributed by atoms with Crippen LogP contribution in [0.5, 0.6) is 0 Å². The highest BCUT2D eigenvalue weighted by Gasteiger charge is 2.14. The Morgan fingerprint density at radius 2 is 1.78 bits per heavy atom. The van der Waals surface area contributed by atoms with Gasteiger partial charge < -0.3 is 10.4 Å². The number of aliphatic hydroxyl groups is 1. The second-order valence-electron chi connectivity index (χ2n) is 6.32. The van der Waals surface area contributed by atoms with Crippen LogP contribution in [0.15, 0.2) is 36.4 Å². The maximum Gasteiger partial charge on any atom is 0.270 e. The standard InChI is InChI=1S/C20H20N4O3/c1-21-14-6-8-18-16(12-14)20(22-10-4-2-3-5-11-25)17-13-15(24(26)27)7-9-19(17)23-18/h6-9,12-13,25H,2-5,10-11H2,(H,22,23). The van der Waals surface area contributed by atoms with Crippen molar-refractivity contribution in [2.24, 2.45) is 0 Å². The number of non-ortho nitro benzene ring substituents is 1. The Morgan fingerprint density at radius 3 is 2.48 bits per heavy atom. The summed E-state index contributed by atoms with van der Waals surface area (Å²) in [7, 11) is 0. The van der Waals surface area contributed by atoms with Crippen LogP contribution < -0.4 is 5.32 Å². The highest BCUT2D eigenvalue weighted by atomic mass is 16.6. The van der Waals surface area contributed by atoms with Gasteiger partial charge in [0.25, 0.3) is 5.69 Å². The Hall–Kier alpha value is -3.24. The molecule has 27 heavy (non-hydrogen) atoms. The summed E-state index contributed by atoms with van der Waals surface area (Å²) >= 11 is 0. The second kappa shape index (κ2) is 8.43. The third-order valence-corrected chi connectivity index (χ3v) is 4.47. The summed E-state index contributed by atoms with van der Waals surface area (Å²) in [6.07, 6.45) is 3.66. The SMILES string of the molecule is [C-]#[N+]c1ccc2nc3ccc([N+](=O)[O-])cc3c(NCCCCCCO)c2c1. The minimum atomic E-state index is -0.419. The molecule has 138 valence electrons. The lowest BCUT2D eigenvalue weighted by Crippen LogP contribution is -2.04. The molecule has 7 nitrogen and oxygen atoms in total. The van der Waals surface area contributed by atoms with Crippen LogP contribution in [0.2, 0.25) is 0 Å². The van der Waals surface area contributed by atoms with Gasteiger partial charge in [0.15, 0.2) is 5.69 Å². The fourth-order valence-electron chi connectivity index (χ4n) is 3.10. The van der Waals surface area contributed by atoms with Gasteiger partial charge in [-0.05, 0) is 31.0 Å². The molecule has 0 fully saturated rings. The first-order chi connectivity index (χ1) is 13.1. The van der Waals surface area contributed by atoms with E-state index < -0.39 is 4.92 Å². The number of aliphatic hydroxyl groups excluding tert-OH is 1. The van der Waals surface area contributed by atoms with Crippen molar-refractivity contribution in [3.63, 3.8) is 0 Å². The zero-order valence-electron chi connectivity index (χ0n) is 14.8. The van der Waals surface area contributed by atoms with E-state index >= 15 is 0 Å². The summed E-state index contributed by atoms with van der Waals surface area (Å²) in [5, 5.41) is 24.9. The molecule has 0 saturated carbocycles. The number of nitro groups is 1. The monoisotopic (exact) mass is 364 g/mol. The molecule has 0 spiro atoms. The highest BCUT2D eigenvalue weighted by molar-refractivity contribution is 6.08. The Labute approximate surface area is 156 Å². The average Bonchev–Trinajstić information content (AvgIpc) is 2.69. The van der Waals surface area contributed by atoms with Crippen molar-refractivity contribution in [3.05, 3.63) is 57.9 Å². The van der Waals surface area contributed by atoms with Crippen LogP contribution in [0.1, 0.15) is 25.7 Å². The topological polar surface area (TPSA) is 92.7 Å². The van der Waals surface area contributed by atoms with Crippen molar-refractivity contribution in [2.45, 2.75) is 25.7 Å². The van der Waals surface area contributed by atoms with Crippen molar-refractivity contribution in [1.29, 1.82) is 0 Å². The molecule has 2 aromatic carbocycles. The number of nitro benzene ring substituents is 1. The van der Waals surface area contributed by atoms with Gasteiger partial charge in [0.05, 0.1) is 28.2 Å². The number of anilines is 1. The number of nitrogens with zero attached hydrogens (tertiary/aromatic N) is 3. The molecule has 0 aliphatic rings. The molecule has 1 aromatic heterocycles. The van der Waals surface area contributed by atoms with Crippen LogP contribution in [0.3, 0.4) is 0 Å². The van der Waals surface area contributed by atoms with E-state index in [2.05, 4.69) is 15.1 Å². The summed E-state index contributed by atoms with van der Waals surface area (Å²) in [6.45, 7) is 8.15. The smallest absolute Gasteiger partial charge is 0.270 e. The molecule has 0 aliphatic heterocycles. The largest absolute Gasteiger partial charge is 0.396 e. The lowest BCUT2D eigenvalue weighted by molar-refractivity contribution is -0.384. The zero-order chi connectivity index (χ0) is 19.2. The number of aromatic nitrogens is 1. The van der Waals surface area contributed by atoms with Crippen LogP contribution in [-0.2, 0) is 0 Å². The Bertz CT molecular complexity index is 1030. The van der Waals surface area contributed by atoms with Gasteiger partial charge in [-0.2, -0.15) is 0 Å². The van der Waals surface area contributed by atoms with E-state index in [1.807, 2.05) is 0 Å². The molecule has 3 rings (SSSR count). The summed E-state index contributed by atoms with van der Waals surface area (Å²) in [5.74, 6) is 0. The van der Waals surface area contributed by atoms with Gasteiger partial charge in [-0.1, -0.05) is 18.9 Å². The fourth-order valence-corrected chi connectivity index (χ4v) is 3.10. The van der Waals surface area contributed by atoms with Crippen molar-refractivity contribution in [1.82, 2.24) is 4.98 Å². The Morgan fingerprint density at radius 1 is 1.07 bits per heavy atom. The summed E-state index contributed by atoms with van der Waals surface area (Å²) in [4.78, 5) is 18.8. The minimum absolute atomic E-state index is 0.0102. The molecule has 0 aliphatic carbocycles. The molecule has 0 atom stereocenters. The fraction of sp³-hybridized carbons (Fsp3) is 0.300. The number of benzene rings is 2. The van der Waals surface area contributed by atoms with E-state index in [9.17, 15) is 10.1 Å². The molecule has 1 heterocycles. The van der Waals surface area contributed by atoms with Crippen molar-refractivity contribution in [2.75, 3.05) is 18.5 Å². The van der Waals surface area contributed by atoms with Crippen LogP contribution in [-0.4, -0.2) is 28.2 Å². The van der Waals surface area contributed by atoms with E-state index in [1.54, 1.807) is 24.3 Å². The number of fused-ring (bicyclic) bond motifs is 2. The number of unbranched alkanes of at least 4 members (excludes halogenated alkanes) is 3. The van der Waals surface area contributed by atoms with Crippen molar-refractivity contribution >= 4 is 38.9 Å². The van der Waals surface area contributed by atoms with Crippen LogP contribution in [0.25, 0.3) is 26.7 Å². The van der Waals surface area contributed by atoms with Gasteiger partial charge in [-0.15, -0.1) is 0 Å². The summed E-state index contributed by atoms with van der Waals surface area (Å²) in [5.41, 5.74) is 2.69. The van der Waals surface area contributed by atoms with Crippen LogP contribution >= 0.6 is 0 Å². The number of hydrogen-bond donors (Lipinski definition) is 2. The molecule has 0 amide bonds. The lowest BCUT2D eigenvalue weighted by atomic mass is 10.1. The van der Waals surface area contributed by atoms with E-state index in [4.69, 9.17) is 11.7 Å². The third-order valence-electron chi connectivity index (χ3n) is 4.47. The predicted molar refractivity (Wildman–Crippen MR) is 106 cm³/mol. The quantitative estimate of drug-likeness (QED) is 0.197. The molecule has 0 saturated heterocycles. The van der Waals surface area contributed by atoms with Gasteiger partial charge in [-0.3, -0.25) is 10.1 Å². The van der Waals surface area contributed by atoms with Crippen LogP contribution in [0, 0.1) is 16.7 Å². The van der Waals surface area contributed by atoms with Gasteiger partial charge in [0.2, 0.25) is 0 Å². The first-order valence-corrected chi connectivity index (χ1v) is 8.88. The van der Waals surface area contributed by atoms with E-state index in [0.717, 1.165) is 42.3 Å². The first-order valence-electron chi connectivity index (χ1n) is 8.88. The summed E-state index contributed by atoms with van der Waals surface area (Å²) in [6, 6.07) is 9.92. The second-order valence-corrected chi connectivity index (χ2v) is 6.32. The number of nitrogens with one attached hydrogen (secondary N) is 1. The molecular formula is C20H20N4O3. The average molecular weight is 364 g/mol. The molecular weight excluding hydrogens is 344 g/mol. The third kappa shape index (κ3) is 4.13. The zero-order valence-corrected chi connectivity index (χ0v) is 14.8. The molecule has 0 radical (unpaired) electrons. The number of hydrogen-bond acceptors (Lipinski definition) is 5. The van der Waals surface area contributed by atoms with E-state index in [1.165, 1.54) is 12.1 Å². The molecule has 3 aromatic rings. The molecule has 7 heteroatoms. The molecule has 0 bridgehead atoms. The normalized spacial score (nSPS) is 10.8. The molecule has 2 N–H and O–H groups in total. The maximum atomic E-state index is 11.2. The highest BCUT2D eigenvalue weighted by Crippen LogP contribution is 2.35. The van der Waals surface area contributed by atoms with Crippen molar-refractivity contribution in [3.8, 4) is 0 Å². The summed E-state index contributed by atoms with van der Waals surface area (Å²) < 4.78 is 0. The molecule has 0 unspecified atom stereocenters. The number of rotatable bonds is 8. The van der Waals surface area contributed by atoms with Crippen molar-refractivity contribution < 1.29 is 10.0 Å². The Balaban J connectivity index is 2.03. The lowest BCUT2D eigenvalue weighted by Gasteiger charge is -2.13. The van der Waals surface area contributed by atoms with E-state index in [0.29, 0.717) is 23.1 Å². The maximum absolute atomic E-state index is 11.2. The van der Waals surface area contributed by atoms with Gasteiger partial charge in [-0.25, -0.2) is 9.83 Å². The van der Waals surface area contributed by atoms with E-state index in [-0.39, 0.29) is 12.3 Å². The Kier molecular flexibility index (Phi) is 5.79. The van der Waals surface area contributed by atoms with Gasteiger partial charge in [0.1, 0.15) is 0 Å². The van der Waals surface area contributed by atoms with Gasteiger partial charge >= 0.3 is 0 Å². The first kappa shape index (κ1) is 18.5. The predicted octanol–water partition coefficient (Wildman–Crippen LogP) is 4.81. The minimum Gasteiger partial charge on any atom is -0.396 e.